The Morgan fingerprint density at radius 1 is 1.18 bits per heavy atom. The predicted octanol–water partition coefficient (Wildman–Crippen LogP) is 3.90. The largest absolute Gasteiger partial charge is 0.497 e. The maximum atomic E-state index is 13.2. The number of ether oxygens (including phenoxy) is 1. The van der Waals surface area contributed by atoms with Crippen molar-refractivity contribution >= 4 is 22.5 Å². The SMILES string of the molecule is CCC(=O)N(Cc1cc2cccc3c2n(c1=O)CCC3)c1ccc(OC)cc1. The van der Waals surface area contributed by atoms with Gasteiger partial charge in [-0.3, -0.25) is 9.59 Å². The molecule has 2 aromatic carbocycles. The van der Waals surface area contributed by atoms with Gasteiger partial charge in [0.05, 0.1) is 19.2 Å². The standard InChI is InChI=1S/C23H24N2O3/c1-3-21(26)25(19-9-11-20(28-2)12-10-19)15-18-14-17-7-4-6-16-8-5-13-24(22(16)17)23(18)27/h4,6-7,9-12,14H,3,5,8,13,15H2,1-2H3. The van der Waals surface area contributed by atoms with Crippen LogP contribution in [-0.4, -0.2) is 17.6 Å². The van der Waals surface area contributed by atoms with Crippen LogP contribution in [0, 0.1) is 0 Å². The van der Waals surface area contributed by atoms with Gasteiger partial charge in [0.2, 0.25) is 5.91 Å². The molecule has 5 nitrogen and oxygen atoms in total. The van der Waals surface area contributed by atoms with E-state index in [-0.39, 0.29) is 18.0 Å². The van der Waals surface area contributed by atoms with Crippen molar-refractivity contribution in [2.45, 2.75) is 39.3 Å². The molecule has 4 rings (SSSR count). The second kappa shape index (κ2) is 7.50. The van der Waals surface area contributed by atoms with Gasteiger partial charge in [-0.2, -0.15) is 0 Å². The molecule has 1 aliphatic heterocycles. The third kappa shape index (κ3) is 3.17. The molecule has 0 unspecified atom stereocenters. The number of benzene rings is 2. The number of aromatic nitrogens is 1. The van der Waals surface area contributed by atoms with Gasteiger partial charge in [0.1, 0.15) is 5.75 Å². The lowest BCUT2D eigenvalue weighted by molar-refractivity contribution is -0.118. The van der Waals surface area contributed by atoms with Crippen LogP contribution in [0.2, 0.25) is 0 Å². The maximum absolute atomic E-state index is 13.2. The van der Waals surface area contributed by atoms with Gasteiger partial charge in [-0.05, 0) is 54.1 Å². The Morgan fingerprint density at radius 3 is 2.68 bits per heavy atom. The zero-order valence-corrected chi connectivity index (χ0v) is 16.3. The summed E-state index contributed by atoms with van der Waals surface area (Å²) in [5.74, 6) is 0.715. The molecule has 0 N–H and O–H groups in total. The van der Waals surface area contributed by atoms with Gasteiger partial charge >= 0.3 is 0 Å². The quantitative estimate of drug-likeness (QED) is 0.679. The molecular weight excluding hydrogens is 352 g/mol. The summed E-state index contributed by atoms with van der Waals surface area (Å²) in [6.07, 6.45) is 2.34. The van der Waals surface area contributed by atoms with E-state index in [1.165, 1.54) is 5.56 Å². The van der Waals surface area contributed by atoms with Gasteiger partial charge in [0.25, 0.3) is 5.56 Å². The summed E-state index contributed by atoms with van der Waals surface area (Å²) in [6, 6.07) is 15.5. The van der Waals surface area contributed by atoms with Crippen molar-refractivity contribution in [2.75, 3.05) is 12.0 Å². The number of pyridine rings is 1. The highest BCUT2D eigenvalue weighted by molar-refractivity contribution is 5.93. The summed E-state index contributed by atoms with van der Waals surface area (Å²) in [7, 11) is 1.61. The van der Waals surface area contributed by atoms with Crippen LogP contribution in [0.25, 0.3) is 10.9 Å². The molecule has 0 saturated heterocycles. The molecule has 1 aliphatic rings. The van der Waals surface area contributed by atoms with Crippen LogP contribution in [0.15, 0.2) is 53.3 Å². The van der Waals surface area contributed by atoms with Gasteiger partial charge in [-0.1, -0.05) is 25.1 Å². The molecule has 0 radical (unpaired) electrons. The number of carbonyl (C=O) groups is 1. The van der Waals surface area contributed by atoms with E-state index in [0.29, 0.717) is 12.0 Å². The number of nitrogens with zero attached hydrogens (tertiary/aromatic N) is 2. The molecule has 2 heterocycles. The normalized spacial score (nSPS) is 12.8. The number of carbonyl (C=O) groups excluding carboxylic acids is 1. The fourth-order valence-corrected chi connectivity index (χ4v) is 3.98. The smallest absolute Gasteiger partial charge is 0.256 e. The molecule has 0 spiro atoms. The highest BCUT2D eigenvalue weighted by Crippen LogP contribution is 2.26. The second-order valence-electron chi connectivity index (χ2n) is 7.12. The van der Waals surface area contributed by atoms with Crippen LogP contribution in [-0.2, 0) is 24.3 Å². The van der Waals surface area contributed by atoms with Gasteiger partial charge in [0, 0.05) is 24.2 Å². The van der Waals surface area contributed by atoms with Crippen molar-refractivity contribution in [3.8, 4) is 5.75 Å². The fraction of sp³-hybridized carbons (Fsp3) is 0.304. The highest BCUT2D eigenvalue weighted by atomic mass is 16.5. The summed E-state index contributed by atoms with van der Waals surface area (Å²) >= 11 is 0. The highest BCUT2D eigenvalue weighted by Gasteiger charge is 2.20. The third-order valence-corrected chi connectivity index (χ3v) is 5.41. The van der Waals surface area contributed by atoms with E-state index in [1.807, 2.05) is 54.0 Å². The first kappa shape index (κ1) is 18.3. The van der Waals surface area contributed by atoms with E-state index in [4.69, 9.17) is 4.74 Å². The minimum Gasteiger partial charge on any atom is -0.497 e. The van der Waals surface area contributed by atoms with Gasteiger partial charge in [-0.15, -0.1) is 0 Å². The van der Waals surface area contributed by atoms with Crippen molar-refractivity contribution in [3.05, 3.63) is 70.0 Å². The van der Waals surface area contributed by atoms with Crippen LogP contribution < -0.4 is 15.2 Å². The molecule has 144 valence electrons. The molecule has 28 heavy (non-hydrogen) atoms. The first-order valence-corrected chi connectivity index (χ1v) is 9.71. The summed E-state index contributed by atoms with van der Waals surface area (Å²) in [6.45, 7) is 2.82. The van der Waals surface area contributed by atoms with Crippen molar-refractivity contribution in [3.63, 3.8) is 0 Å². The van der Waals surface area contributed by atoms with Crippen molar-refractivity contribution in [1.29, 1.82) is 0 Å². The van der Waals surface area contributed by atoms with Crippen molar-refractivity contribution in [2.24, 2.45) is 0 Å². The number of rotatable bonds is 5. The van der Waals surface area contributed by atoms with E-state index < -0.39 is 0 Å². The molecule has 0 aliphatic carbocycles. The first-order valence-electron chi connectivity index (χ1n) is 9.71. The lowest BCUT2D eigenvalue weighted by Gasteiger charge is -2.25. The average Bonchev–Trinajstić information content (AvgIpc) is 2.75. The van der Waals surface area contributed by atoms with Crippen LogP contribution in [0.3, 0.4) is 0 Å². The van der Waals surface area contributed by atoms with E-state index in [1.54, 1.807) is 12.0 Å². The van der Waals surface area contributed by atoms with E-state index in [0.717, 1.165) is 41.7 Å². The minimum absolute atomic E-state index is 0.00191. The van der Waals surface area contributed by atoms with Crippen molar-refractivity contribution < 1.29 is 9.53 Å². The summed E-state index contributed by atoms with van der Waals surface area (Å²) < 4.78 is 7.09. The topological polar surface area (TPSA) is 51.5 Å². The fourth-order valence-electron chi connectivity index (χ4n) is 3.98. The Labute approximate surface area is 164 Å². The summed E-state index contributed by atoms with van der Waals surface area (Å²) in [5, 5.41) is 1.06. The number of aryl methyl sites for hydroxylation is 2. The number of amides is 1. The number of hydrogen-bond donors (Lipinski definition) is 0. The number of para-hydroxylation sites is 1. The maximum Gasteiger partial charge on any atom is 0.256 e. The third-order valence-electron chi connectivity index (χ3n) is 5.41. The van der Waals surface area contributed by atoms with Gasteiger partial charge in [0.15, 0.2) is 0 Å². The molecule has 1 amide bonds. The molecular formula is C23H24N2O3. The lowest BCUT2D eigenvalue weighted by Crippen LogP contribution is -2.35. The van der Waals surface area contributed by atoms with Gasteiger partial charge < -0.3 is 14.2 Å². The van der Waals surface area contributed by atoms with E-state index in [9.17, 15) is 9.59 Å². The van der Waals surface area contributed by atoms with Gasteiger partial charge in [-0.25, -0.2) is 0 Å². The number of methoxy groups -OCH3 is 1. The van der Waals surface area contributed by atoms with E-state index in [2.05, 4.69) is 6.07 Å². The molecule has 0 saturated carbocycles. The van der Waals surface area contributed by atoms with Crippen LogP contribution in [0.5, 0.6) is 5.75 Å². The number of hydrogen-bond acceptors (Lipinski definition) is 3. The Hall–Kier alpha value is -3.08. The second-order valence-corrected chi connectivity index (χ2v) is 7.12. The average molecular weight is 376 g/mol. The Morgan fingerprint density at radius 2 is 1.96 bits per heavy atom. The molecule has 1 aromatic heterocycles. The predicted molar refractivity (Wildman–Crippen MR) is 111 cm³/mol. The minimum atomic E-state index is -0.0166. The van der Waals surface area contributed by atoms with Crippen LogP contribution in [0.4, 0.5) is 5.69 Å². The Balaban J connectivity index is 1.78. The summed E-state index contributed by atoms with van der Waals surface area (Å²) in [4.78, 5) is 27.5. The Bertz CT molecular complexity index is 1080. The van der Waals surface area contributed by atoms with Crippen LogP contribution >= 0.6 is 0 Å². The summed E-state index contributed by atoms with van der Waals surface area (Å²) in [5.41, 5.74) is 3.68. The van der Waals surface area contributed by atoms with Crippen LogP contribution in [0.1, 0.15) is 30.9 Å². The molecule has 5 heteroatoms. The number of anilines is 1. The zero-order chi connectivity index (χ0) is 19.7. The molecule has 3 aromatic rings. The molecule has 0 bridgehead atoms. The first-order chi connectivity index (χ1) is 13.6. The monoisotopic (exact) mass is 376 g/mol. The lowest BCUT2D eigenvalue weighted by atomic mass is 10.00. The zero-order valence-electron chi connectivity index (χ0n) is 16.3. The molecule has 0 atom stereocenters. The van der Waals surface area contributed by atoms with Crippen molar-refractivity contribution in [1.82, 2.24) is 4.57 Å². The van der Waals surface area contributed by atoms with E-state index >= 15 is 0 Å². The molecule has 0 fully saturated rings. The Kier molecular flexibility index (Phi) is 4.90.